The van der Waals surface area contributed by atoms with Crippen LogP contribution >= 0.6 is 11.3 Å². The highest BCUT2D eigenvalue weighted by molar-refractivity contribution is 7.13. The number of nitrogens with one attached hydrogen (secondary N) is 1. The zero-order valence-electron chi connectivity index (χ0n) is 13.7. The average molecular weight is 367 g/mol. The standard InChI is InChI=1S/C17H13N5O3S/c1-22-7-10(6-18-22)16-19-11(9-26-16)8-25-17(24)14-12-4-2-3-5-13(12)15(23)21-20-14/h2-7,9H,8H2,1H3,(H,21,23). The number of aromatic amines is 1. The third-order valence-corrected chi connectivity index (χ3v) is 4.68. The first-order chi connectivity index (χ1) is 12.6. The minimum absolute atomic E-state index is 0.0186. The Morgan fingerprint density at radius 1 is 1.31 bits per heavy atom. The first-order valence-electron chi connectivity index (χ1n) is 7.70. The van der Waals surface area contributed by atoms with E-state index in [0.29, 0.717) is 16.5 Å². The molecule has 9 heteroatoms. The molecular formula is C17H13N5O3S. The third kappa shape index (κ3) is 3.00. The van der Waals surface area contributed by atoms with Gasteiger partial charge in [-0.3, -0.25) is 9.48 Å². The molecule has 26 heavy (non-hydrogen) atoms. The fourth-order valence-electron chi connectivity index (χ4n) is 2.52. The quantitative estimate of drug-likeness (QED) is 0.554. The fourth-order valence-corrected chi connectivity index (χ4v) is 3.30. The number of nitrogens with zero attached hydrogens (tertiary/aromatic N) is 4. The highest BCUT2D eigenvalue weighted by Crippen LogP contribution is 2.23. The van der Waals surface area contributed by atoms with E-state index in [-0.39, 0.29) is 17.9 Å². The van der Waals surface area contributed by atoms with E-state index >= 15 is 0 Å². The highest BCUT2D eigenvalue weighted by atomic mass is 32.1. The summed E-state index contributed by atoms with van der Waals surface area (Å²) < 4.78 is 7.01. The maximum atomic E-state index is 12.4. The Balaban J connectivity index is 1.52. The van der Waals surface area contributed by atoms with Gasteiger partial charge in [0, 0.05) is 29.6 Å². The number of carbonyl (C=O) groups is 1. The van der Waals surface area contributed by atoms with E-state index < -0.39 is 5.97 Å². The summed E-state index contributed by atoms with van der Waals surface area (Å²) in [6.45, 7) is 0.0186. The van der Waals surface area contributed by atoms with Crippen molar-refractivity contribution < 1.29 is 9.53 Å². The zero-order chi connectivity index (χ0) is 18.1. The molecule has 0 radical (unpaired) electrons. The van der Waals surface area contributed by atoms with Crippen LogP contribution in [0.4, 0.5) is 0 Å². The Morgan fingerprint density at radius 2 is 2.12 bits per heavy atom. The molecule has 0 fully saturated rings. The molecule has 0 aliphatic heterocycles. The average Bonchev–Trinajstić information content (AvgIpc) is 3.29. The lowest BCUT2D eigenvalue weighted by molar-refractivity contribution is 0.0462. The lowest BCUT2D eigenvalue weighted by Gasteiger charge is -2.04. The van der Waals surface area contributed by atoms with Gasteiger partial charge >= 0.3 is 5.97 Å². The highest BCUT2D eigenvalue weighted by Gasteiger charge is 2.16. The Kier molecular flexibility index (Phi) is 4.05. The van der Waals surface area contributed by atoms with Crippen molar-refractivity contribution in [1.82, 2.24) is 25.0 Å². The number of carbonyl (C=O) groups excluding carboxylic acids is 1. The predicted octanol–water partition coefficient (Wildman–Crippen LogP) is 2.14. The van der Waals surface area contributed by atoms with Crippen LogP contribution < -0.4 is 5.56 Å². The molecule has 1 N–H and O–H groups in total. The second-order valence-corrected chi connectivity index (χ2v) is 6.43. The van der Waals surface area contributed by atoms with Crippen molar-refractivity contribution in [2.75, 3.05) is 0 Å². The molecule has 0 bridgehead atoms. The largest absolute Gasteiger partial charge is 0.454 e. The van der Waals surface area contributed by atoms with Gasteiger partial charge in [0.15, 0.2) is 5.69 Å². The molecule has 4 rings (SSSR count). The molecule has 4 aromatic rings. The number of H-pyrrole nitrogens is 1. The number of thiazole rings is 1. The SMILES string of the molecule is Cn1cc(-c2nc(COC(=O)c3n[nH]c(=O)c4ccccc34)cs2)cn1. The van der Waals surface area contributed by atoms with E-state index in [9.17, 15) is 9.59 Å². The topological polar surface area (TPSA) is 103 Å². The van der Waals surface area contributed by atoms with Crippen molar-refractivity contribution >= 4 is 28.1 Å². The summed E-state index contributed by atoms with van der Waals surface area (Å²) in [4.78, 5) is 28.6. The van der Waals surface area contributed by atoms with Gasteiger partial charge in [0.2, 0.25) is 0 Å². The number of hydrogen-bond acceptors (Lipinski definition) is 7. The molecule has 0 aliphatic rings. The Morgan fingerprint density at radius 3 is 2.88 bits per heavy atom. The van der Waals surface area contributed by atoms with Crippen LogP contribution in [0.15, 0.2) is 46.8 Å². The molecule has 0 saturated heterocycles. The van der Waals surface area contributed by atoms with Crippen molar-refractivity contribution in [1.29, 1.82) is 0 Å². The number of benzene rings is 1. The van der Waals surface area contributed by atoms with Gasteiger partial charge in [0.25, 0.3) is 5.56 Å². The summed E-state index contributed by atoms with van der Waals surface area (Å²) in [7, 11) is 1.83. The lowest BCUT2D eigenvalue weighted by atomic mass is 10.1. The van der Waals surface area contributed by atoms with Crippen LogP contribution in [0.5, 0.6) is 0 Å². The van der Waals surface area contributed by atoms with Gasteiger partial charge in [-0.15, -0.1) is 11.3 Å². The van der Waals surface area contributed by atoms with E-state index in [4.69, 9.17) is 4.74 Å². The minimum Gasteiger partial charge on any atom is -0.454 e. The molecular weight excluding hydrogens is 354 g/mol. The second-order valence-electron chi connectivity index (χ2n) is 5.57. The van der Waals surface area contributed by atoms with Crippen LogP contribution in [-0.4, -0.2) is 30.9 Å². The Bertz CT molecular complexity index is 1160. The Hall–Kier alpha value is -3.33. The van der Waals surface area contributed by atoms with E-state index in [1.54, 1.807) is 35.1 Å². The van der Waals surface area contributed by atoms with Crippen LogP contribution in [0.1, 0.15) is 16.2 Å². The van der Waals surface area contributed by atoms with Gasteiger partial charge in [-0.2, -0.15) is 10.2 Å². The molecule has 0 saturated carbocycles. The molecule has 0 aliphatic carbocycles. The molecule has 0 unspecified atom stereocenters. The van der Waals surface area contributed by atoms with Crippen LogP contribution in [0.3, 0.4) is 0 Å². The summed E-state index contributed by atoms with van der Waals surface area (Å²) in [5, 5.41) is 13.7. The lowest BCUT2D eigenvalue weighted by Crippen LogP contribution is -2.16. The Labute approximate surface area is 151 Å². The van der Waals surface area contributed by atoms with Crippen molar-refractivity contribution in [3.8, 4) is 10.6 Å². The van der Waals surface area contributed by atoms with Gasteiger partial charge in [0.1, 0.15) is 11.6 Å². The predicted molar refractivity (Wildman–Crippen MR) is 95.8 cm³/mol. The number of aryl methyl sites for hydroxylation is 1. The molecule has 8 nitrogen and oxygen atoms in total. The number of esters is 1. The third-order valence-electron chi connectivity index (χ3n) is 3.74. The second kappa shape index (κ2) is 6.52. The summed E-state index contributed by atoms with van der Waals surface area (Å²) in [6.07, 6.45) is 3.59. The summed E-state index contributed by atoms with van der Waals surface area (Å²) >= 11 is 1.45. The molecule has 0 amide bonds. The fraction of sp³-hybridized carbons (Fsp3) is 0.118. The van der Waals surface area contributed by atoms with Gasteiger partial charge in [-0.25, -0.2) is 14.9 Å². The van der Waals surface area contributed by atoms with E-state index in [0.717, 1.165) is 10.6 Å². The first kappa shape index (κ1) is 16.2. The molecule has 0 atom stereocenters. The number of aromatic nitrogens is 5. The van der Waals surface area contributed by atoms with Gasteiger partial charge in [0.05, 0.1) is 17.3 Å². The zero-order valence-corrected chi connectivity index (χ0v) is 14.5. The smallest absolute Gasteiger partial charge is 0.359 e. The van der Waals surface area contributed by atoms with Gasteiger partial charge in [-0.05, 0) is 6.07 Å². The van der Waals surface area contributed by atoms with Crippen LogP contribution in [0, 0.1) is 0 Å². The number of hydrogen-bond donors (Lipinski definition) is 1. The number of rotatable bonds is 4. The van der Waals surface area contributed by atoms with E-state index in [1.807, 2.05) is 18.6 Å². The normalized spacial score (nSPS) is 11.0. The number of ether oxygens (including phenoxy) is 1. The van der Waals surface area contributed by atoms with Gasteiger partial charge < -0.3 is 4.74 Å². The molecule has 0 spiro atoms. The molecule has 3 aromatic heterocycles. The van der Waals surface area contributed by atoms with E-state index in [1.165, 1.54) is 11.3 Å². The summed E-state index contributed by atoms with van der Waals surface area (Å²) in [5.74, 6) is -0.617. The van der Waals surface area contributed by atoms with Crippen molar-refractivity contribution in [2.45, 2.75) is 6.61 Å². The van der Waals surface area contributed by atoms with Crippen LogP contribution in [0.2, 0.25) is 0 Å². The first-order valence-corrected chi connectivity index (χ1v) is 8.58. The van der Waals surface area contributed by atoms with Gasteiger partial charge in [-0.1, -0.05) is 18.2 Å². The van der Waals surface area contributed by atoms with Crippen molar-refractivity contribution in [3.05, 3.63) is 63.8 Å². The maximum Gasteiger partial charge on any atom is 0.359 e. The van der Waals surface area contributed by atoms with E-state index in [2.05, 4.69) is 20.3 Å². The molecule has 1 aromatic carbocycles. The maximum absolute atomic E-state index is 12.4. The van der Waals surface area contributed by atoms with Crippen molar-refractivity contribution in [2.24, 2.45) is 7.05 Å². The summed E-state index contributed by atoms with van der Waals surface area (Å²) in [5.41, 5.74) is 1.26. The van der Waals surface area contributed by atoms with Crippen LogP contribution in [-0.2, 0) is 18.4 Å². The van der Waals surface area contributed by atoms with Crippen molar-refractivity contribution in [3.63, 3.8) is 0 Å². The minimum atomic E-state index is -0.617. The summed E-state index contributed by atoms with van der Waals surface area (Å²) in [6, 6.07) is 6.76. The van der Waals surface area contributed by atoms with Crippen LogP contribution in [0.25, 0.3) is 21.3 Å². The molecule has 3 heterocycles. The molecule has 130 valence electrons. The monoisotopic (exact) mass is 367 g/mol. The number of fused-ring (bicyclic) bond motifs is 1.